The average molecular weight is 375 g/mol. The predicted molar refractivity (Wildman–Crippen MR) is 97.5 cm³/mol. The van der Waals surface area contributed by atoms with Crippen molar-refractivity contribution >= 4 is 21.6 Å². The lowest BCUT2D eigenvalue weighted by molar-refractivity contribution is 0.0945. The Labute approximate surface area is 152 Å². The van der Waals surface area contributed by atoms with Gasteiger partial charge >= 0.3 is 0 Å². The molecule has 1 N–H and O–H groups in total. The molecule has 0 bridgehead atoms. The molecule has 0 saturated carbocycles. The van der Waals surface area contributed by atoms with Crippen LogP contribution in [0, 0.1) is 0 Å². The second-order valence-corrected chi connectivity index (χ2v) is 8.38. The van der Waals surface area contributed by atoms with Gasteiger partial charge in [0, 0.05) is 31.5 Å². The SMILES string of the molecule is CCN(c1cnc(C(=O)NCc2cccnc2)cn1)C1CCS(=O)(=O)C1. The van der Waals surface area contributed by atoms with E-state index in [4.69, 9.17) is 0 Å². The van der Waals surface area contributed by atoms with Gasteiger partial charge in [0.1, 0.15) is 11.5 Å². The molecule has 0 aliphatic carbocycles. The number of pyridine rings is 1. The highest BCUT2D eigenvalue weighted by atomic mass is 32.2. The van der Waals surface area contributed by atoms with E-state index < -0.39 is 9.84 Å². The number of nitrogens with one attached hydrogen (secondary N) is 1. The van der Waals surface area contributed by atoms with Gasteiger partial charge in [-0.1, -0.05) is 6.07 Å². The zero-order valence-corrected chi connectivity index (χ0v) is 15.3. The molecule has 1 atom stereocenters. The van der Waals surface area contributed by atoms with Gasteiger partial charge in [0.15, 0.2) is 9.84 Å². The van der Waals surface area contributed by atoms with Crippen molar-refractivity contribution in [3.05, 3.63) is 48.2 Å². The molecule has 0 spiro atoms. The number of carbonyl (C=O) groups excluding carboxylic acids is 1. The van der Waals surface area contributed by atoms with Gasteiger partial charge in [-0.05, 0) is 25.0 Å². The Hall–Kier alpha value is -2.55. The molecule has 9 heteroatoms. The topological polar surface area (TPSA) is 105 Å². The van der Waals surface area contributed by atoms with Crippen molar-refractivity contribution in [1.82, 2.24) is 20.3 Å². The first-order valence-electron chi connectivity index (χ1n) is 8.44. The van der Waals surface area contributed by atoms with Gasteiger partial charge in [0.25, 0.3) is 5.91 Å². The Morgan fingerprint density at radius 2 is 2.15 bits per heavy atom. The summed E-state index contributed by atoms with van der Waals surface area (Å²) in [6, 6.07) is 3.58. The van der Waals surface area contributed by atoms with E-state index in [1.165, 1.54) is 12.4 Å². The minimum absolute atomic E-state index is 0.0930. The van der Waals surface area contributed by atoms with Gasteiger partial charge in [-0.2, -0.15) is 0 Å². The molecule has 3 heterocycles. The molecule has 1 unspecified atom stereocenters. The fraction of sp³-hybridized carbons (Fsp3) is 0.412. The molecule has 1 fully saturated rings. The van der Waals surface area contributed by atoms with Crippen LogP contribution < -0.4 is 10.2 Å². The quantitative estimate of drug-likeness (QED) is 0.797. The number of anilines is 1. The average Bonchev–Trinajstić information content (AvgIpc) is 3.01. The summed E-state index contributed by atoms with van der Waals surface area (Å²) in [5, 5.41) is 2.77. The first-order chi connectivity index (χ1) is 12.5. The second-order valence-electron chi connectivity index (χ2n) is 6.15. The molecule has 0 radical (unpaired) electrons. The minimum Gasteiger partial charge on any atom is -0.352 e. The summed E-state index contributed by atoms with van der Waals surface area (Å²) in [6.45, 7) is 2.93. The van der Waals surface area contributed by atoms with Crippen LogP contribution in [0.15, 0.2) is 36.9 Å². The first kappa shape index (κ1) is 18.2. The number of sulfone groups is 1. The van der Waals surface area contributed by atoms with Crippen molar-refractivity contribution in [2.75, 3.05) is 23.0 Å². The summed E-state index contributed by atoms with van der Waals surface area (Å²) in [7, 11) is -2.97. The Morgan fingerprint density at radius 1 is 1.31 bits per heavy atom. The fourth-order valence-electron chi connectivity index (χ4n) is 2.99. The molecule has 1 amide bonds. The summed E-state index contributed by atoms with van der Waals surface area (Å²) >= 11 is 0. The number of nitrogens with zero attached hydrogens (tertiary/aromatic N) is 4. The van der Waals surface area contributed by atoms with E-state index >= 15 is 0 Å². The van der Waals surface area contributed by atoms with Crippen LogP contribution in [0.4, 0.5) is 5.82 Å². The maximum atomic E-state index is 12.2. The van der Waals surface area contributed by atoms with E-state index in [2.05, 4.69) is 20.3 Å². The van der Waals surface area contributed by atoms with Crippen LogP contribution in [0.2, 0.25) is 0 Å². The zero-order valence-electron chi connectivity index (χ0n) is 14.5. The van der Waals surface area contributed by atoms with Crippen molar-refractivity contribution in [3.63, 3.8) is 0 Å². The maximum absolute atomic E-state index is 12.2. The molecule has 138 valence electrons. The maximum Gasteiger partial charge on any atom is 0.271 e. The molecular formula is C17H21N5O3S. The van der Waals surface area contributed by atoms with Gasteiger partial charge in [-0.25, -0.2) is 18.4 Å². The lowest BCUT2D eigenvalue weighted by atomic mass is 10.2. The van der Waals surface area contributed by atoms with Gasteiger partial charge in [-0.3, -0.25) is 9.78 Å². The fourth-order valence-corrected chi connectivity index (χ4v) is 4.72. The van der Waals surface area contributed by atoms with Crippen molar-refractivity contribution in [1.29, 1.82) is 0 Å². The Balaban J connectivity index is 1.64. The third kappa shape index (κ3) is 4.34. The largest absolute Gasteiger partial charge is 0.352 e. The van der Waals surface area contributed by atoms with Crippen LogP contribution in [0.1, 0.15) is 29.4 Å². The second kappa shape index (κ2) is 7.77. The molecule has 2 aromatic rings. The van der Waals surface area contributed by atoms with Crippen LogP contribution in [0.5, 0.6) is 0 Å². The molecule has 1 aliphatic heterocycles. The highest BCUT2D eigenvalue weighted by Gasteiger charge is 2.32. The number of rotatable bonds is 6. The van der Waals surface area contributed by atoms with E-state index in [0.29, 0.717) is 25.3 Å². The summed E-state index contributed by atoms with van der Waals surface area (Å²) in [4.78, 5) is 26.6. The molecule has 1 aliphatic rings. The molecule has 1 saturated heterocycles. The monoisotopic (exact) mass is 375 g/mol. The highest BCUT2D eigenvalue weighted by molar-refractivity contribution is 7.91. The van der Waals surface area contributed by atoms with Crippen LogP contribution >= 0.6 is 0 Å². The standard InChI is InChI=1S/C17H21N5O3S/c1-2-22(14-5-7-26(24,25)12-14)16-11-19-15(10-20-16)17(23)21-9-13-4-3-6-18-8-13/h3-4,6,8,10-11,14H,2,5,7,9,12H2,1H3,(H,21,23). The summed E-state index contributed by atoms with van der Waals surface area (Å²) < 4.78 is 23.4. The minimum atomic E-state index is -2.97. The van der Waals surface area contributed by atoms with E-state index in [9.17, 15) is 13.2 Å². The van der Waals surface area contributed by atoms with E-state index in [1.807, 2.05) is 17.9 Å². The molecular weight excluding hydrogens is 354 g/mol. The Bertz CT molecular complexity index is 856. The zero-order chi connectivity index (χ0) is 18.6. The van der Waals surface area contributed by atoms with Crippen LogP contribution in [-0.4, -0.2) is 53.4 Å². The van der Waals surface area contributed by atoms with E-state index in [1.54, 1.807) is 18.5 Å². The molecule has 0 aromatic carbocycles. The highest BCUT2D eigenvalue weighted by Crippen LogP contribution is 2.22. The summed E-state index contributed by atoms with van der Waals surface area (Å²) in [5.74, 6) is 0.601. The number of carbonyl (C=O) groups is 1. The van der Waals surface area contributed by atoms with Gasteiger partial charge in [0.05, 0.1) is 23.9 Å². The van der Waals surface area contributed by atoms with Gasteiger partial charge in [-0.15, -0.1) is 0 Å². The number of aromatic nitrogens is 3. The van der Waals surface area contributed by atoms with Gasteiger partial charge < -0.3 is 10.2 Å². The number of amides is 1. The van der Waals surface area contributed by atoms with Crippen molar-refractivity contribution in [2.45, 2.75) is 25.9 Å². The third-order valence-electron chi connectivity index (χ3n) is 4.33. The Morgan fingerprint density at radius 3 is 2.73 bits per heavy atom. The number of hydrogen-bond donors (Lipinski definition) is 1. The molecule has 26 heavy (non-hydrogen) atoms. The van der Waals surface area contributed by atoms with Crippen molar-refractivity contribution < 1.29 is 13.2 Å². The van der Waals surface area contributed by atoms with E-state index in [-0.39, 0.29) is 29.1 Å². The third-order valence-corrected chi connectivity index (χ3v) is 6.08. The Kier molecular flexibility index (Phi) is 5.46. The normalized spacial score (nSPS) is 18.4. The molecule has 2 aromatic heterocycles. The van der Waals surface area contributed by atoms with E-state index in [0.717, 1.165) is 5.56 Å². The lowest BCUT2D eigenvalue weighted by Crippen LogP contribution is -2.37. The molecule has 3 rings (SSSR count). The first-order valence-corrected chi connectivity index (χ1v) is 10.3. The lowest BCUT2D eigenvalue weighted by Gasteiger charge is -2.27. The number of hydrogen-bond acceptors (Lipinski definition) is 7. The van der Waals surface area contributed by atoms with Crippen molar-refractivity contribution in [3.8, 4) is 0 Å². The smallest absolute Gasteiger partial charge is 0.271 e. The summed E-state index contributed by atoms with van der Waals surface area (Å²) in [6.07, 6.45) is 6.88. The van der Waals surface area contributed by atoms with Crippen LogP contribution in [-0.2, 0) is 16.4 Å². The van der Waals surface area contributed by atoms with Crippen LogP contribution in [0.3, 0.4) is 0 Å². The van der Waals surface area contributed by atoms with Gasteiger partial charge in [0.2, 0.25) is 0 Å². The summed E-state index contributed by atoms with van der Waals surface area (Å²) in [5.41, 5.74) is 1.11. The van der Waals surface area contributed by atoms with Crippen molar-refractivity contribution in [2.24, 2.45) is 0 Å². The van der Waals surface area contributed by atoms with Crippen LogP contribution in [0.25, 0.3) is 0 Å². The molecule has 8 nitrogen and oxygen atoms in total. The predicted octanol–water partition coefficient (Wildman–Crippen LogP) is 0.815.